The largest absolute Gasteiger partial charge is 0.508 e. The highest BCUT2D eigenvalue weighted by Gasteiger charge is 2.41. The quantitative estimate of drug-likeness (QED) is 0.800. The van der Waals surface area contributed by atoms with Crippen LogP contribution in [-0.4, -0.2) is 44.3 Å². The summed E-state index contributed by atoms with van der Waals surface area (Å²) in [6, 6.07) is 7.51. The van der Waals surface area contributed by atoms with Gasteiger partial charge in [-0.2, -0.15) is 13.2 Å². The molecule has 1 aromatic carbocycles. The number of alkyl halides is 3. The average Bonchev–Trinajstić information content (AvgIpc) is 3.16. The van der Waals surface area contributed by atoms with Crippen molar-refractivity contribution in [2.75, 3.05) is 13.1 Å². The van der Waals surface area contributed by atoms with E-state index in [0.717, 1.165) is 31.6 Å². The number of aromatic nitrogens is 3. The van der Waals surface area contributed by atoms with Gasteiger partial charge in [-0.05, 0) is 75.2 Å². The van der Waals surface area contributed by atoms with E-state index in [-0.39, 0.29) is 18.9 Å². The van der Waals surface area contributed by atoms with E-state index in [0.29, 0.717) is 31.1 Å². The Kier molecular flexibility index (Phi) is 5.81. The van der Waals surface area contributed by atoms with E-state index in [1.807, 2.05) is 18.3 Å². The molecule has 158 valence electrons. The van der Waals surface area contributed by atoms with E-state index in [1.54, 1.807) is 10.7 Å². The summed E-state index contributed by atoms with van der Waals surface area (Å²) in [5.41, 5.74) is 2.06. The first-order valence-electron chi connectivity index (χ1n) is 10.4. The molecule has 0 unspecified atom stereocenters. The van der Waals surface area contributed by atoms with Gasteiger partial charge >= 0.3 is 6.18 Å². The molecule has 0 amide bonds. The zero-order valence-corrected chi connectivity index (χ0v) is 16.4. The Morgan fingerprint density at radius 1 is 1.03 bits per heavy atom. The van der Waals surface area contributed by atoms with Crippen molar-refractivity contribution in [1.82, 2.24) is 19.9 Å². The third-order valence-corrected chi connectivity index (χ3v) is 6.41. The lowest BCUT2D eigenvalue weighted by Crippen LogP contribution is -2.32. The van der Waals surface area contributed by atoms with Crippen LogP contribution in [0.5, 0.6) is 5.75 Å². The molecule has 2 aliphatic rings. The van der Waals surface area contributed by atoms with Crippen LogP contribution in [0.1, 0.15) is 61.7 Å². The van der Waals surface area contributed by atoms with Gasteiger partial charge in [0.2, 0.25) is 0 Å². The summed E-state index contributed by atoms with van der Waals surface area (Å²) in [6.07, 6.45) is 1.23. The van der Waals surface area contributed by atoms with Crippen LogP contribution >= 0.6 is 0 Å². The van der Waals surface area contributed by atoms with Gasteiger partial charge in [0.15, 0.2) is 0 Å². The molecule has 5 nitrogen and oxygen atoms in total. The van der Waals surface area contributed by atoms with Crippen molar-refractivity contribution in [2.24, 2.45) is 5.92 Å². The predicted molar refractivity (Wildman–Crippen MR) is 102 cm³/mol. The number of hydrogen-bond acceptors (Lipinski definition) is 4. The number of phenolic OH excluding ortho intramolecular Hbond substituents is 1. The number of halogens is 3. The fraction of sp³-hybridized carbons (Fsp3) is 0.619. The van der Waals surface area contributed by atoms with Crippen molar-refractivity contribution in [2.45, 2.75) is 63.2 Å². The van der Waals surface area contributed by atoms with Crippen molar-refractivity contribution in [1.29, 1.82) is 0 Å². The molecule has 1 aromatic heterocycles. The molecule has 8 heteroatoms. The molecule has 29 heavy (non-hydrogen) atoms. The Labute approximate surface area is 168 Å². The van der Waals surface area contributed by atoms with Crippen molar-refractivity contribution in [3.63, 3.8) is 0 Å². The van der Waals surface area contributed by atoms with Crippen LogP contribution in [0.15, 0.2) is 30.5 Å². The van der Waals surface area contributed by atoms with Gasteiger partial charge in [-0.3, -0.25) is 4.90 Å². The standard InChI is InChI=1S/C21H27F3N4O/c22-21(23,24)17-4-6-19(7-5-17)28-14-18(25-26-28)13-27-10-8-15(9-11-27)16-2-1-3-20(29)12-16/h1-3,12,14-15,17,19,29H,4-11,13H2/t17-,19-. The first-order valence-corrected chi connectivity index (χ1v) is 10.4. The highest BCUT2D eigenvalue weighted by molar-refractivity contribution is 5.30. The van der Waals surface area contributed by atoms with E-state index in [1.165, 1.54) is 5.56 Å². The summed E-state index contributed by atoms with van der Waals surface area (Å²) in [6.45, 7) is 2.61. The molecule has 0 bridgehead atoms. The normalized spacial score (nSPS) is 24.7. The van der Waals surface area contributed by atoms with Gasteiger partial charge < -0.3 is 5.11 Å². The second-order valence-electron chi connectivity index (χ2n) is 8.38. The number of benzene rings is 1. The fourth-order valence-electron chi connectivity index (χ4n) is 4.66. The van der Waals surface area contributed by atoms with Crippen LogP contribution in [0, 0.1) is 5.92 Å². The Hall–Kier alpha value is -2.09. The molecule has 2 aromatic rings. The number of likely N-dealkylation sites (tertiary alicyclic amines) is 1. The maximum atomic E-state index is 12.8. The summed E-state index contributed by atoms with van der Waals surface area (Å²) in [4.78, 5) is 2.34. The highest BCUT2D eigenvalue weighted by Crippen LogP contribution is 2.40. The minimum absolute atomic E-state index is 0.0198. The van der Waals surface area contributed by atoms with Crippen LogP contribution in [-0.2, 0) is 6.54 Å². The Balaban J connectivity index is 1.27. The number of piperidine rings is 1. The predicted octanol–water partition coefficient (Wildman–Crippen LogP) is 4.66. The van der Waals surface area contributed by atoms with Crippen molar-refractivity contribution in [3.05, 3.63) is 41.7 Å². The summed E-state index contributed by atoms with van der Waals surface area (Å²) in [5, 5.41) is 18.1. The van der Waals surface area contributed by atoms with Crippen LogP contribution in [0.2, 0.25) is 0 Å². The van der Waals surface area contributed by atoms with Gasteiger partial charge in [0.05, 0.1) is 23.9 Å². The fourth-order valence-corrected chi connectivity index (χ4v) is 4.66. The first kappa shape index (κ1) is 20.2. The van der Waals surface area contributed by atoms with Gasteiger partial charge in [-0.25, -0.2) is 4.68 Å². The van der Waals surface area contributed by atoms with E-state index in [4.69, 9.17) is 0 Å². The number of nitrogens with zero attached hydrogens (tertiary/aromatic N) is 4. The van der Waals surface area contributed by atoms with E-state index in [9.17, 15) is 18.3 Å². The molecule has 0 spiro atoms. The maximum absolute atomic E-state index is 12.8. The number of rotatable bonds is 4. The zero-order valence-electron chi connectivity index (χ0n) is 16.4. The molecule has 2 heterocycles. The molecule has 1 aliphatic heterocycles. The third-order valence-electron chi connectivity index (χ3n) is 6.41. The van der Waals surface area contributed by atoms with Crippen LogP contribution in [0.25, 0.3) is 0 Å². The second-order valence-corrected chi connectivity index (χ2v) is 8.38. The molecular formula is C21H27F3N4O. The Morgan fingerprint density at radius 2 is 1.76 bits per heavy atom. The minimum Gasteiger partial charge on any atom is -0.508 e. The number of hydrogen-bond donors (Lipinski definition) is 1. The monoisotopic (exact) mass is 408 g/mol. The highest BCUT2D eigenvalue weighted by atomic mass is 19.4. The summed E-state index contributed by atoms with van der Waals surface area (Å²) in [7, 11) is 0. The SMILES string of the molecule is Oc1cccc(C2CCN(Cc3cn([C@H]4CC[C@H](C(F)(F)F)CC4)nn3)CC2)c1. The third kappa shape index (κ3) is 4.91. The molecule has 0 radical (unpaired) electrons. The van der Waals surface area contributed by atoms with Crippen molar-refractivity contribution in [3.8, 4) is 5.75 Å². The number of aromatic hydroxyl groups is 1. The maximum Gasteiger partial charge on any atom is 0.391 e. The van der Waals surface area contributed by atoms with Crippen LogP contribution in [0.3, 0.4) is 0 Å². The molecule has 1 saturated carbocycles. The van der Waals surface area contributed by atoms with Crippen LogP contribution in [0.4, 0.5) is 13.2 Å². The van der Waals surface area contributed by atoms with Gasteiger partial charge in [-0.15, -0.1) is 5.10 Å². The zero-order chi connectivity index (χ0) is 20.4. The van der Waals surface area contributed by atoms with Gasteiger partial charge in [0, 0.05) is 6.54 Å². The smallest absolute Gasteiger partial charge is 0.391 e. The molecule has 0 atom stereocenters. The van der Waals surface area contributed by atoms with Gasteiger partial charge in [0.25, 0.3) is 0 Å². The van der Waals surface area contributed by atoms with E-state index in [2.05, 4.69) is 21.3 Å². The molecule has 4 rings (SSSR count). The van der Waals surface area contributed by atoms with E-state index < -0.39 is 12.1 Å². The minimum atomic E-state index is -4.08. The summed E-state index contributed by atoms with van der Waals surface area (Å²) < 4.78 is 40.3. The molecule has 2 fully saturated rings. The summed E-state index contributed by atoms with van der Waals surface area (Å²) in [5.74, 6) is -0.404. The second kappa shape index (κ2) is 8.34. The Morgan fingerprint density at radius 3 is 2.41 bits per heavy atom. The Bertz CT molecular complexity index is 806. The van der Waals surface area contributed by atoms with Gasteiger partial charge in [-0.1, -0.05) is 17.3 Å². The molecule has 1 saturated heterocycles. The lowest BCUT2D eigenvalue weighted by atomic mass is 9.86. The lowest BCUT2D eigenvalue weighted by molar-refractivity contribution is -0.183. The molecule has 1 aliphatic carbocycles. The average molecular weight is 408 g/mol. The van der Waals surface area contributed by atoms with Crippen molar-refractivity contribution < 1.29 is 18.3 Å². The topological polar surface area (TPSA) is 54.2 Å². The molecular weight excluding hydrogens is 381 g/mol. The van der Waals surface area contributed by atoms with Crippen molar-refractivity contribution >= 4 is 0 Å². The van der Waals surface area contributed by atoms with E-state index >= 15 is 0 Å². The lowest BCUT2D eigenvalue weighted by Gasteiger charge is -2.31. The molecule has 1 N–H and O–H groups in total. The van der Waals surface area contributed by atoms with Gasteiger partial charge in [0.1, 0.15) is 5.75 Å². The first-order chi connectivity index (χ1) is 13.9. The number of phenols is 1. The van der Waals surface area contributed by atoms with Crippen LogP contribution < -0.4 is 0 Å². The summed E-state index contributed by atoms with van der Waals surface area (Å²) >= 11 is 0.